The minimum atomic E-state index is -2.94. The van der Waals surface area contributed by atoms with Gasteiger partial charge in [-0.2, -0.15) is 5.10 Å². The van der Waals surface area contributed by atoms with Crippen LogP contribution >= 0.6 is 0 Å². The number of nitrogens with one attached hydrogen (secondary N) is 1. The van der Waals surface area contributed by atoms with Gasteiger partial charge in [-0.3, -0.25) is 0 Å². The number of likely N-dealkylation sites (tertiary alicyclic amines) is 2. The molecule has 31 heavy (non-hydrogen) atoms. The predicted molar refractivity (Wildman–Crippen MR) is 106 cm³/mol. The lowest BCUT2D eigenvalue weighted by Gasteiger charge is -2.37. The maximum Gasteiger partial charge on any atom is 0.318 e. The van der Waals surface area contributed by atoms with Crippen LogP contribution in [-0.4, -0.2) is 81.9 Å². The number of hydrogen-bond donors (Lipinski definition) is 2. The lowest BCUT2D eigenvalue weighted by Crippen LogP contribution is -2.59. The Hall–Kier alpha value is -3.08. The number of hydrogen-bond acceptors (Lipinski definition) is 6. The number of carbonyl (C=O) groups excluding carboxylic acids is 1. The van der Waals surface area contributed by atoms with Gasteiger partial charge in [-0.15, -0.1) is 0 Å². The average Bonchev–Trinajstić information content (AvgIpc) is 3.25. The third kappa shape index (κ3) is 3.73. The van der Waals surface area contributed by atoms with Crippen LogP contribution in [0.15, 0.2) is 46.6 Å². The number of fused-ring (bicyclic) bond motifs is 1. The Morgan fingerprint density at radius 3 is 2.84 bits per heavy atom. The standard InChI is InChI=1S/C20H21F3N6O2/c21-13-3-1-2-12(6-13)16-7-20(22,23)11-28(16)17-4-5-29-18(26-17)15(8-24-29)25-19(31)27-9-14(30)10-27/h1-6,8,14-16,18,30H,7,9-11H2,(H,25,31)/t15?,16-,18?/m1/s1. The Morgan fingerprint density at radius 2 is 2.10 bits per heavy atom. The average molecular weight is 434 g/mol. The van der Waals surface area contributed by atoms with E-state index in [0.29, 0.717) is 11.4 Å². The van der Waals surface area contributed by atoms with E-state index in [0.717, 1.165) is 0 Å². The fourth-order valence-corrected chi connectivity index (χ4v) is 4.25. The number of aliphatic hydroxyl groups is 1. The van der Waals surface area contributed by atoms with E-state index in [1.54, 1.807) is 23.4 Å². The van der Waals surface area contributed by atoms with E-state index in [4.69, 9.17) is 0 Å². The highest BCUT2D eigenvalue weighted by Crippen LogP contribution is 2.42. The fraction of sp³-hybridized carbons (Fsp3) is 0.450. The summed E-state index contributed by atoms with van der Waals surface area (Å²) in [6.45, 7) is -0.0129. The molecule has 5 rings (SSSR count). The predicted octanol–water partition coefficient (Wildman–Crippen LogP) is 1.52. The number of hydrazone groups is 1. The SMILES string of the molecule is O=C(NC1C=NN2C=CC(N3CC(F)(F)C[C@@H]3c3cccc(F)c3)=NC12)N1CC(O)C1. The summed E-state index contributed by atoms with van der Waals surface area (Å²) >= 11 is 0. The van der Waals surface area contributed by atoms with E-state index in [2.05, 4.69) is 15.4 Å². The van der Waals surface area contributed by atoms with E-state index in [1.807, 2.05) is 0 Å². The number of urea groups is 1. The molecule has 0 radical (unpaired) electrons. The second-order valence-electron chi connectivity index (χ2n) is 8.15. The number of aliphatic imine (C=N–C) groups is 1. The smallest absolute Gasteiger partial charge is 0.318 e. The summed E-state index contributed by atoms with van der Waals surface area (Å²) in [7, 11) is 0. The maximum atomic E-state index is 14.3. The number of alkyl halides is 2. The zero-order valence-corrected chi connectivity index (χ0v) is 16.4. The van der Waals surface area contributed by atoms with Gasteiger partial charge in [0.05, 0.1) is 38.0 Å². The van der Waals surface area contributed by atoms with E-state index >= 15 is 0 Å². The molecule has 0 bridgehead atoms. The quantitative estimate of drug-likeness (QED) is 0.740. The first kappa shape index (κ1) is 19.9. The number of carbonyl (C=O) groups is 1. The van der Waals surface area contributed by atoms with Crippen LogP contribution in [0.4, 0.5) is 18.0 Å². The largest absolute Gasteiger partial charge is 0.389 e. The molecule has 1 aromatic rings. The minimum Gasteiger partial charge on any atom is -0.389 e. The van der Waals surface area contributed by atoms with Gasteiger partial charge >= 0.3 is 6.03 Å². The first-order valence-corrected chi connectivity index (χ1v) is 10.0. The van der Waals surface area contributed by atoms with E-state index in [-0.39, 0.29) is 19.1 Å². The number of nitrogens with zero attached hydrogens (tertiary/aromatic N) is 5. The van der Waals surface area contributed by atoms with Crippen LogP contribution in [0.3, 0.4) is 0 Å². The number of benzene rings is 1. The molecule has 11 heteroatoms. The van der Waals surface area contributed by atoms with Gasteiger partial charge < -0.3 is 20.2 Å². The Balaban J connectivity index is 1.36. The van der Waals surface area contributed by atoms with Gasteiger partial charge in [0, 0.05) is 12.6 Å². The third-order valence-electron chi connectivity index (χ3n) is 5.83. The Labute approximate surface area is 176 Å². The minimum absolute atomic E-state index is 0.261. The molecule has 8 nitrogen and oxygen atoms in total. The van der Waals surface area contributed by atoms with Gasteiger partial charge in [-0.05, 0) is 23.8 Å². The monoisotopic (exact) mass is 434 g/mol. The van der Waals surface area contributed by atoms with Gasteiger partial charge in [0.2, 0.25) is 0 Å². The molecule has 164 valence electrons. The summed E-state index contributed by atoms with van der Waals surface area (Å²) in [4.78, 5) is 19.8. The third-order valence-corrected chi connectivity index (χ3v) is 5.83. The molecule has 4 aliphatic heterocycles. The van der Waals surface area contributed by atoms with E-state index in [9.17, 15) is 23.1 Å². The topological polar surface area (TPSA) is 83.8 Å². The van der Waals surface area contributed by atoms with Crippen molar-refractivity contribution in [3.05, 3.63) is 47.9 Å². The van der Waals surface area contributed by atoms with Crippen LogP contribution in [0.5, 0.6) is 0 Å². The highest BCUT2D eigenvalue weighted by Gasteiger charge is 2.47. The number of β-amino-alcohol motifs (C(OH)–C–C–N with tert-alkyl or cyclic N) is 1. The number of amidine groups is 1. The fourth-order valence-electron chi connectivity index (χ4n) is 4.25. The van der Waals surface area contributed by atoms with Crippen molar-refractivity contribution in [3.63, 3.8) is 0 Å². The number of rotatable bonds is 2. The Morgan fingerprint density at radius 1 is 1.29 bits per heavy atom. The van der Waals surface area contributed by atoms with Crippen molar-refractivity contribution in [2.45, 2.75) is 36.7 Å². The molecule has 2 fully saturated rings. The van der Waals surface area contributed by atoms with Gasteiger partial charge in [0.15, 0.2) is 6.17 Å². The number of amides is 2. The van der Waals surface area contributed by atoms with Crippen LogP contribution < -0.4 is 5.32 Å². The molecule has 0 aliphatic carbocycles. The van der Waals surface area contributed by atoms with Gasteiger partial charge in [0.1, 0.15) is 17.7 Å². The highest BCUT2D eigenvalue weighted by molar-refractivity contribution is 5.95. The molecule has 4 aliphatic rings. The normalized spacial score (nSPS) is 29.1. The number of aliphatic hydroxyl groups excluding tert-OH is 1. The van der Waals surface area contributed by atoms with Crippen molar-refractivity contribution in [2.24, 2.45) is 10.1 Å². The molecule has 0 saturated carbocycles. The van der Waals surface area contributed by atoms with Crippen molar-refractivity contribution in [2.75, 3.05) is 19.6 Å². The number of halogens is 3. The summed E-state index contributed by atoms with van der Waals surface area (Å²) in [6, 6.07) is 4.05. The summed E-state index contributed by atoms with van der Waals surface area (Å²) in [5, 5.41) is 17.9. The molecular formula is C20H21F3N6O2. The second kappa shape index (κ2) is 7.26. The maximum absolute atomic E-state index is 14.3. The molecule has 4 heterocycles. The molecule has 2 N–H and O–H groups in total. The van der Waals surface area contributed by atoms with Gasteiger partial charge in [-0.1, -0.05) is 12.1 Å². The van der Waals surface area contributed by atoms with E-state index < -0.39 is 49.1 Å². The van der Waals surface area contributed by atoms with Crippen molar-refractivity contribution < 1.29 is 23.1 Å². The molecule has 0 aromatic heterocycles. The molecular weight excluding hydrogens is 413 g/mol. The van der Waals surface area contributed by atoms with Crippen molar-refractivity contribution in [3.8, 4) is 0 Å². The van der Waals surface area contributed by atoms with Crippen LogP contribution in [0.1, 0.15) is 18.0 Å². The molecule has 2 unspecified atom stereocenters. The van der Waals surface area contributed by atoms with Crippen molar-refractivity contribution >= 4 is 18.1 Å². The lowest BCUT2D eigenvalue weighted by atomic mass is 10.0. The molecule has 3 atom stereocenters. The highest BCUT2D eigenvalue weighted by atomic mass is 19.3. The van der Waals surface area contributed by atoms with Gasteiger partial charge in [0.25, 0.3) is 5.92 Å². The molecule has 0 spiro atoms. The van der Waals surface area contributed by atoms with Crippen molar-refractivity contribution in [1.29, 1.82) is 0 Å². The zero-order valence-electron chi connectivity index (χ0n) is 16.4. The van der Waals surface area contributed by atoms with Crippen LogP contribution in [0.25, 0.3) is 0 Å². The van der Waals surface area contributed by atoms with Crippen molar-refractivity contribution in [1.82, 2.24) is 20.1 Å². The van der Waals surface area contributed by atoms with Crippen LogP contribution in [0.2, 0.25) is 0 Å². The summed E-state index contributed by atoms with van der Waals surface area (Å²) in [5.74, 6) is -3.09. The molecule has 1 aromatic carbocycles. The molecule has 2 amide bonds. The first-order chi connectivity index (χ1) is 14.8. The Kier molecular flexibility index (Phi) is 4.65. The van der Waals surface area contributed by atoms with E-state index in [1.165, 1.54) is 34.2 Å². The second-order valence-corrected chi connectivity index (χ2v) is 8.15. The Bertz CT molecular complexity index is 977. The van der Waals surface area contributed by atoms with Crippen LogP contribution in [-0.2, 0) is 0 Å². The van der Waals surface area contributed by atoms with Crippen LogP contribution in [0, 0.1) is 5.82 Å². The summed E-state index contributed by atoms with van der Waals surface area (Å²) in [6.07, 6.45) is 3.19. The summed E-state index contributed by atoms with van der Waals surface area (Å²) < 4.78 is 42.4. The first-order valence-electron chi connectivity index (χ1n) is 10.0. The molecule has 2 saturated heterocycles. The lowest BCUT2D eigenvalue weighted by molar-refractivity contribution is 0.0164. The van der Waals surface area contributed by atoms with Gasteiger partial charge in [-0.25, -0.2) is 28.0 Å². The zero-order chi connectivity index (χ0) is 21.8. The summed E-state index contributed by atoms with van der Waals surface area (Å²) in [5.41, 5.74) is 0.458.